The van der Waals surface area contributed by atoms with Gasteiger partial charge in [0.25, 0.3) is 0 Å². The lowest BCUT2D eigenvalue weighted by Gasteiger charge is -2.25. The third-order valence-corrected chi connectivity index (χ3v) is 8.30. The summed E-state index contributed by atoms with van der Waals surface area (Å²) in [5.74, 6) is 0.954. The van der Waals surface area contributed by atoms with E-state index in [4.69, 9.17) is 4.98 Å². The topological polar surface area (TPSA) is 58.4 Å². The van der Waals surface area contributed by atoms with Crippen LogP contribution in [0.2, 0.25) is 0 Å². The number of nitrogens with zero attached hydrogens (tertiary/aromatic N) is 4. The first-order chi connectivity index (χ1) is 14.9. The number of sulfonamides is 1. The molecule has 0 amide bonds. The Balaban J connectivity index is 1.63. The van der Waals surface area contributed by atoms with Crippen molar-refractivity contribution in [1.82, 2.24) is 18.8 Å². The molecule has 3 aromatic rings. The average molecular weight is 441 g/mol. The minimum absolute atomic E-state index is 0.251. The minimum atomic E-state index is -3.46. The van der Waals surface area contributed by atoms with Crippen LogP contribution in [0.1, 0.15) is 50.5 Å². The molecule has 2 heterocycles. The first kappa shape index (κ1) is 22.0. The van der Waals surface area contributed by atoms with Gasteiger partial charge in [-0.15, -0.1) is 0 Å². The lowest BCUT2D eigenvalue weighted by Crippen LogP contribution is -2.35. The molecule has 0 bridgehead atoms. The molecule has 1 atom stereocenters. The van der Waals surface area contributed by atoms with Gasteiger partial charge in [-0.25, -0.2) is 13.4 Å². The van der Waals surface area contributed by atoms with Crippen LogP contribution in [0.5, 0.6) is 0 Å². The number of benzene rings is 2. The van der Waals surface area contributed by atoms with Crippen molar-refractivity contribution in [3.8, 4) is 0 Å². The number of hydrogen-bond acceptors (Lipinski definition) is 4. The van der Waals surface area contributed by atoms with Crippen LogP contribution in [0.4, 0.5) is 0 Å². The van der Waals surface area contributed by atoms with Crippen molar-refractivity contribution >= 4 is 21.1 Å². The van der Waals surface area contributed by atoms with Crippen molar-refractivity contribution < 1.29 is 8.42 Å². The number of hydrogen-bond donors (Lipinski definition) is 0. The predicted octanol–water partition coefficient (Wildman–Crippen LogP) is 4.42. The fourth-order valence-corrected chi connectivity index (χ4v) is 5.93. The van der Waals surface area contributed by atoms with E-state index in [1.165, 1.54) is 5.56 Å². The maximum atomic E-state index is 13.1. The van der Waals surface area contributed by atoms with Crippen molar-refractivity contribution in [3.63, 3.8) is 0 Å². The van der Waals surface area contributed by atoms with Gasteiger partial charge in [0.15, 0.2) is 0 Å². The fraction of sp³-hybridized carbons (Fsp3) is 0.458. The zero-order valence-electron chi connectivity index (χ0n) is 18.7. The molecule has 2 aromatic carbocycles. The number of fused-ring (bicyclic) bond motifs is 1. The Morgan fingerprint density at radius 3 is 2.45 bits per heavy atom. The molecule has 0 spiro atoms. The van der Waals surface area contributed by atoms with E-state index in [9.17, 15) is 8.42 Å². The summed E-state index contributed by atoms with van der Waals surface area (Å²) < 4.78 is 30.0. The molecule has 1 aromatic heterocycles. The van der Waals surface area contributed by atoms with E-state index in [2.05, 4.69) is 54.6 Å². The van der Waals surface area contributed by atoms with E-state index in [1.807, 2.05) is 12.1 Å². The maximum absolute atomic E-state index is 13.1. The standard InChI is InChI=1S/C24H32N4O2S/c1-4-28-23-14-13-21(31(29,30)27-15-9-6-10-16-27)17-22(23)25-24(28)18-26(3)19(2)20-11-7-5-8-12-20/h5,7-8,11-14,17,19H,4,6,9-10,15-16,18H2,1-3H3/t19-/m1/s1. The van der Waals surface area contributed by atoms with Gasteiger partial charge >= 0.3 is 0 Å². The van der Waals surface area contributed by atoms with Crippen molar-refractivity contribution in [1.29, 1.82) is 0 Å². The number of imidazole rings is 1. The second-order valence-electron chi connectivity index (χ2n) is 8.39. The van der Waals surface area contributed by atoms with Crippen molar-refractivity contribution in [3.05, 3.63) is 59.9 Å². The van der Waals surface area contributed by atoms with E-state index < -0.39 is 10.0 Å². The highest BCUT2D eigenvalue weighted by atomic mass is 32.2. The molecule has 0 radical (unpaired) electrons. The highest BCUT2D eigenvalue weighted by Gasteiger charge is 2.27. The zero-order valence-corrected chi connectivity index (χ0v) is 19.5. The molecule has 0 N–H and O–H groups in total. The first-order valence-corrected chi connectivity index (χ1v) is 12.6. The van der Waals surface area contributed by atoms with Gasteiger partial charge < -0.3 is 4.57 Å². The summed E-state index contributed by atoms with van der Waals surface area (Å²) in [6, 6.07) is 16.1. The monoisotopic (exact) mass is 440 g/mol. The number of rotatable bonds is 7. The van der Waals surface area contributed by atoms with Crippen LogP contribution in [0.25, 0.3) is 11.0 Å². The minimum Gasteiger partial charge on any atom is -0.327 e. The summed E-state index contributed by atoms with van der Waals surface area (Å²) >= 11 is 0. The number of aryl methyl sites for hydroxylation is 1. The average Bonchev–Trinajstić information content (AvgIpc) is 3.15. The number of aromatic nitrogens is 2. The second kappa shape index (κ2) is 9.10. The Morgan fingerprint density at radius 2 is 1.77 bits per heavy atom. The van der Waals surface area contributed by atoms with Gasteiger partial charge in [0.2, 0.25) is 10.0 Å². The van der Waals surface area contributed by atoms with Crippen molar-refractivity contribution in [2.24, 2.45) is 0 Å². The summed E-state index contributed by atoms with van der Waals surface area (Å²) in [7, 11) is -1.36. The predicted molar refractivity (Wildman–Crippen MR) is 124 cm³/mol. The molecule has 1 saturated heterocycles. The van der Waals surface area contributed by atoms with E-state index >= 15 is 0 Å². The van der Waals surface area contributed by atoms with Gasteiger partial charge in [0.1, 0.15) is 5.82 Å². The van der Waals surface area contributed by atoms with Crippen LogP contribution >= 0.6 is 0 Å². The van der Waals surface area contributed by atoms with E-state index in [0.717, 1.165) is 42.7 Å². The summed E-state index contributed by atoms with van der Waals surface area (Å²) in [5.41, 5.74) is 2.99. The first-order valence-electron chi connectivity index (χ1n) is 11.2. The molecule has 0 saturated carbocycles. The van der Waals surface area contributed by atoms with Gasteiger partial charge in [0, 0.05) is 25.7 Å². The molecule has 31 heavy (non-hydrogen) atoms. The summed E-state index contributed by atoms with van der Waals surface area (Å²) in [6.07, 6.45) is 2.97. The van der Waals surface area contributed by atoms with Crippen LogP contribution in [0.3, 0.4) is 0 Å². The van der Waals surface area contributed by atoms with Crippen LogP contribution in [-0.4, -0.2) is 47.3 Å². The van der Waals surface area contributed by atoms with Crippen LogP contribution in [0.15, 0.2) is 53.4 Å². The van der Waals surface area contributed by atoms with E-state index in [1.54, 1.807) is 16.4 Å². The highest BCUT2D eigenvalue weighted by Crippen LogP contribution is 2.26. The smallest absolute Gasteiger partial charge is 0.243 e. The normalized spacial score (nSPS) is 16.8. The Morgan fingerprint density at radius 1 is 1.06 bits per heavy atom. The quantitative estimate of drug-likeness (QED) is 0.546. The van der Waals surface area contributed by atoms with Crippen LogP contribution < -0.4 is 0 Å². The summed E-state index contributed by atoms with van der Waals surface area (Å²) in [5, 5.41) is 0. The molecule has 1 aliphatic rings. The van der Waals surface area contributed by atoms with Crippen LogP contribution in [0, 0.1) is 0 Å². The van der Waals surface area contributed by atoms with E-state index in [-0.39, 0.29) is 6.04 Å². The molecule has 4 rings (SSSR count). The molecular weight excluding hydrogens is 408 g/mol. The third kappa shape index (κ3) is 4.40. The van der Waals surface area contributed by atoms with Gasteiger partial charge in [-0.1, -0.05) is 36.8 Å². The lowest BCUT2D eigenvalue weighted by molar-refractivity contribution is 0.244. The molecule has 166 valence electrons. The van der Waals surface area contributed by atoms with Crippen molar-refractivity contribution in [2.75, 3.05) is 20.1 Å². The summed E-state index contributed by atoms with van der Waals surface area (Å²) in [4.78, 5) is 7.48. The second-order valence-corrected chi connectivity index (χ2v) is 10.3. The van der Waals surface area contributed by atoms with Gasteiger partial charge in [-0.2, -0.15) is 4.31 Å². The number of piperidine rings is 1. The third-order valence-electron chi connectivity index (χ3n) is 6.40. The van der Waals surface area contributed by atoms with Gasteiger partial charge in [-0.05, 0) is 57.5 Å². The SMILES string of the molecule is CCn1c(CN(C)[C@H](C)c2ccccc2)nc2cc(S(=O)(=O)N3CCCCC3)ccc21. The van der Waals surface area contributed by atoms with Crippen LogP contribution in [-0.2, 0) is 23.1 Å². The lowest BCUT2D eigenvalue weighted by atomic mass is 10.1. The Hall–Kier alpha value is -2.22. The molecule has 1 aliphatic heterocycles. The molecule has 6 nitrogen and oxygen atoms in total. The Kier molecular flexibility index (Phi) is 6.46. The molecule has 1 fully saturated rings. The maximum Gasteiger partial charge on any atom is 0.243 e. The Labute approximate surface area is 185 Å². The van der Waals surface area contributed by atoms with Crippen molar-refractivity contribution in [2.45, 2.75) is 57.1 Å². The summed E-state index contributed by atoms with van der Waals surface area (Å²) in [6.45, 7) is 6.99. The van der Waals surface area contributed by atoms with Gasteiger partial charge in [0.05, 0.1) is 22.5 Å². The largest absolute Gasteiger partial charge is 0.327 e. The van der Waals surface area contributed by atoms with E-state index in [0.29, 0.717) is 24.5 Å². The Bertz CT molecular complexity index is 1140. The highest BCUT2D eigenvalue weighted by molar-refractivity contribution is 7.89. The molecule has 0 unspecified atom stereocenters. The molecule has 0 aliphatic carbocycles. The molecular formula is C24H32N4O2S. The fourth-order valence-electron chi connectivity index (χ4n) is 4.39. The zero-order chi connectivity index (χ0) is 22.0. The molecule has 7 heteroatoms. The van der Waals surface area contributed by atoms with Gasteiger partial charge in [-0.3, -0.25) is 4.90 Å².